The van der Waals surface area contributed by atoms with Crippen molar-refractivity contribution in [1.29, 1.82) is 0 Å². The van der Waals surface area contributed by atoms with Gasteiger partial charge in [-0.05, 0) is 38.5 Å². The molecule has 184 valence electrons. The molecule has 2 aliphatic rings. The van der Waals surface area contributed by atoms with E-state index in [0.717, 1.165) is 83.2 Å². The van der Waals surface area contributed by atoms with Crippen LogP contribution in [-0.4, -0.2) is 84.8 Å². The number of nitrogens with zero attached hydrogens (tertiary/aromatic N) is 5. The first kappa shape index (κ1) is 27.3. The van der Waals surface area contributed by atoms with Crippen molar-refractivity contribution in [3.05, 3.63) is 11.6 Å². The van der Waals surface area contributed by atoms with Crippen molar-refractivity contribution in [2.24, 2.45) is 17.5 Å². The number of hydrogen-bond acceptors (Lipinski definition) is 6. The van der Waals surface area contributed by atoms with Crippen LogP contribution in [0, 0.1) is 12.3 Å². The molecule has 0 spiro atoms. The molecule has 0 atom stereocenters. The Hall–Kier alpha value is -0.980. The monoisotopic (exact) mass is 563 g/mol. The molecule has 1 aromatic heterocycles. The quantitative estimate of drug-likeness (QED) is 0.185. The third kappa shape index (κ3) is 8.42. The molecule has 2 N–H and O–H groups in total. The summed E-state index contributed by atoms with van der Waals surface area (Å²) >= 11 is 0. The Morgan fingerprint density at radius 1 is 1.19 bits per heavy atom. The van der Waals surface area contributed by atoms with Crippen LogP contribution >= 0.6 is 24.0 Å². The minimum Gasteiger partial charge on any atom is -0.382 e. The molecule has 3 rings (SSSR count). The number of hydrogen-bond donors (Lipinski definition) is 2. The highest BCUT2D eigenvalue weighted by molar-refractivity contribution is 14.0. The molecule has 0 bridgehead atoms. The molecule has 2 heterocycles. The standard InChI is InChI=1S/C22H41N7O2.HI/c1-4-30-14-9-22(7-5-6-8-22)18-25-21(23-10-11-29-12-15-31-16-13-29)24-17-20-27-26-19(2)28(20)3;/h4-18H2,1-3H3,(H2,23,24,25);1H. The van der Waals surface area contributed by atoms with Crippen LogP contribution in [0.25, 0.3) is 0 Å². The number of guanidine groups is 1. The van der Waals surface area contributed by atoms with Gasteiger partial charge in [-0.25, -0.2) is 4.99 Å². The van der Waals surface area contributed by atoms with Gasteiger partial charge >= 0.3 is 0 Å². The number of morpholine rings is 1. The van der Waals surface area contributed by atoms with Crippen molar-refractivity contribution in [2.45, 2.75) is 52.5 Å². The van der Waals surface area contributed by atoms with Gasteiger partial charge in [0, 0.05) is 53.0 Å². The van der Waals surface area contributed by atoms with Crippen LogP contribution in [0.1, 0.15) is 50.7 Å². The van der Waals surface area contributed by atoms with Crippen LogP contribution in [0.2, 0.25) is 0 Å². The number of rotatable bonds is 11. The summed E-state index contributed by atoms with van der Waals surface area (Å²) < 4.78 is 13.1. The lowest BCUT2D eigenvalue weighted by molar-refractivity contribution is 0.0389. The number of ether oxygens (including phenoxy) is 2. The first-order valence-corrected chi connectivity index (χ1v) is 11.9. The molecule has 10 heteroatoms. The fourth-order valence-electron chi connectivity index (χ4n) is 4.41. The minimum atomic E-state index is 0. The van der Waals surface area contributed by atoms with Crippen molar-refractivity contribution >= 4 is 29.9 Å². The van der Waals surface area contributed by atoms with Gasteiger partial charge in [0.1, 0.15) is 12.4 Å². The highest BCUT2D eigenvalue weighted by atomic mass is 127. The van der Waals surface area contributed by atoms with Gasteiger partial charge in [-0.2, -0.15) is 0 Å². The third-order valence-electron chi connectivity index (χ3n) is 6.66. The summed E-state index contributed by atoms with van der Waals surface area (Å²) in [5.41, 5.74) is 0.309. The zero-order chi connectivity index (χ0) is 21.9. The van der Waals surface area contributed by atoms with Crippen molar-refractivity contribution in [1.82, 2.24) is 30.3 Å². The maximum atomic E-state index is 5.67. The Labute approximate surface area is 210 Å². The van der Waals surface area contributed by atoms with E-state index >= 15 is 0 Å². The van der Waals surface area contributed by atoms with E-state index in [1.165, 1.54) is 25.7 Å². The van der Waals surface area contributed by atoms with Gasteiger partial charge < -0.3 is 24.7 Å². The first-order valence-electron chi connectivity index (χ1n) is 11.9. The van der Waals surface area contributed by atoms with E-state index in [1.807, 2.05) is 18.5 Å². The molecule has 1 saturated carbocycles. The smallest absolute Gasteiger partial charge is 0.191 e. The summed E-state index contributed by atoms with van der Waals surface area (Å²) in [7, 11) is 1.99. The maximum absolute atomic E-state index is 5.67. The van der Waals surface area contributed by atoms with Crippen LogP contribution in [0.5, 0.6) is 0 Å². The molecule has 2 fully saturated rings. The van der Waals surface area contributed by atoms with Gasteiger partial charge in [0.25, 0.3) is 0 Å². The number of halogens is 1. The fourth-order valence-corrected chi connectivity index (χ4v) is 4.41. The second kappa shape index (κ2) is 14.3. The number of aromatic nitrogens is 3. The van der Waals surface area contributed by atoms with Crippen molar-refractivity contribution in [3.63, 3.8) is 0 Å². The van der Waals surface area contributed by atoms with E-state index in [9.17, 15) is 0 Å². The molecule has 0 aromatic carbocycles. The zero-order valence-electron chi connectivity index (χ0n) is 20.1. The lowest BCUT2D eigenvalue weighted by Gasteiger charge is -2.30. The van der Waals surface area contributed by atoms with Gasteiger partial charge in [0.05, 0.1) is 13.2 Å². The normalized spacial score (nSPS) is 19.0. The second-order valence-electron chi connectivity index (χ2n) is 8.78. The summed E-state index contributed by atoms with van der Waals surface area (Å²) in [4.78, 5) is 7.27. The highest BCUT2D eigenvalue weighted by Gasteiger charge is 2.33. The topological polar surface area (TPSA) is 88.8 Å². The number of aliphatic imine (C=N–C) groups is 1. The molecule has 0 unspecified atom stereocenters. The Balaban J connectivity index is 0.00000363. The van der Waals surface area contributed by atoms with Gasteiger partial charge in [0.15, 0.2) is 11.8 Å². The lowest BCUT2D eigenvalue weighted by Crippen LogP contribution is -2.47. The molecule has 32 heavy (non-hydrogen) atoms. The Bertz CT molecular complexity index is 686. The SMILES string of the molecule is CCOCCC1(CNC(=NCc2nnc(C)n2C)NCCN2CCOCC2)CCCC1.I. The molecular formula is C22H42IN7O2. The Kier molecular flexibility index (Phi) is 12.2. The summed E-state index contributed by atoms with van der Waals surface area (Å²) in [5, 5.41) is 15.6. The highest BCUT2D eigenvalue weighted by Crippen LogP contribution is 2.40. The largest absolute Gasteiger partial charge is 0.382 e. The van der Waals surface area contributed by atoms with E-state index in [2.05, 4.69) is 32.7 Å². The van der Waals surface area contributed by atoms with Crippen molar-refractivity contribution in [2.75, 3.05) is 59.2 Å². The summed E-state index contributed by atoms with van der Waals surface area (Å²) in [6.45, 7) is 12.6. The van der Waals surface area contributed by atoms with Crippen molar-refractivity contribution in [3.8, 4) is 0 Å². The van der Waals surface area contributed by atoms with E-state index in [1.54, 1.807) is 0 Å². The summed E-state index contributed by atoms with van der Waals surface area (Å²) in [6.07, 6.45) is 6.25. The average Bonchev–Trinajstić information content (AvgIpc) is 3.38. The average molecular weight is 564 g/mol. The van der Waals surface area contributed by atoms with Crippen LogP contribution in [0.3, 0.4) is 0 Å². The maximum Gasteiger partial charge on any atom is 0.191 e. The molecule has 1 aliphatic carbocycles. The Morgan fingerprint density at radius 2 is 1.94 bits per heavy atom. The third-order valence-corrected chi connectivity index (χ3v) is 6.66. The van der Waals surface area contributed by atoms with Gasteiger partial charge in [0.2, 0.25) is 0 Å². The van der Waals surface area contributed by atoms with Crippen LogP contribution in [0.15, 0.2) is 4.99 Å². The van der Waals surface area contributed by atoms with Crippen LogP contribution < -0.4 is 10.6 Å². The molecular weight excluding hydrogens is 521 g/mol. The van der Waals surface area contributed by atoms with Crippen LogP contribution in [0.4, 0.5) is 0 Å². The fraction of sp³-hybridized carbons (Fsp3) is 0.864. The summed E-state index contributed by atoms with van der Waals surface area (Å²) in [5.74, 6) is 2.64. The van der Waals surface area contributed by atoms with E-state index in [4.69, 9.17) is 14.5 Å². The first-order chi connectivity index (χ1) is 15.1. The molecule has 1 aromatic rings. The number of nitrogens with one attached hydrogen (secondary N) is 2. The molecule has 0 amide bonds. The molecule has 0 radical (unpaired) electrons. The summed E-state index contributed by atoms with van der Waals surface area (Å²) in [6, 6.07) is 0. The van der Waals surface area contributed by atoms with E-state index in [-0.39, 0.29) is 24.0 Å². The van der Waals surface area contributed by atoms with Gasteiger partial charge in [-0.15, -0.1) is 34.2 Å². The predicted molar refractivity (Wildman–Crippen MR) is 138 cm³/mol. The van der Waals surface area contributed by atoms with E-state index < -0.39 is 0 Å². The molecule has 1 saturated heterocycles. The second-order valence-corrected chi connectivity index (χ2v) is 8.78. The Morgan fingerprint density at radius 3 is 2.59 bits per heavy atom. The number of aryl methyl sites for hydroxylation is 1. The van der Waals surface area contributed by atoms with Gasteiger partial charge in [-0.1, -0.05) is 12.8 Å². The molecule has 9 nitrogen and oxygen atoms in total. The zero-order valence-corrected chi connectivity index (χ0v) is 22.4. The predicted octanol–water partition coefficient (Wildman–Crippen LogP) is 2.10. The minimum absolute atomic E-state index is 0. The van der Waals surface area contributed by atoms with E-state index in [0.29, 0.717) is 12.0 Å². The van der Waals surface area contributed by atoms with Crippen LogP contribution in [-0.2, 0) is 23.1 Å². The van der Waals surface area contributed by atoms with Crippen molar-refractivity contribution < 1.29 is 9.47 Å². The lowest BCUT2D eigenvalue weighted by atomic mass is 9.83. The molecule has 1 aliphatic heterocycles. The van der Waals surface area contributed by atoms with Gasteiger partial charge in [-0.3, -0.25) is 4.90 Å².